The van der Waals surface area contributed by atoms with Gasteiger partial charge in [0.05, 0.1) is 17.5 Å². The van der Waals surface area contributed by atoms with E-state index in [1.165, 1.54) is 12.3 Å². The average molecular weight is 515 g/mol. The zero-order chi connectivity index (χ0) is 26.7. The fourth-order valence-electron chi connectivity index (χ4n) is 5.64. The number of ether oxygens (including phenoxy) is 1. The number of hydrogen-bond donors (Lipinski definition) is 1. The number of carbonyl (C=O) groups excluding carboxylic acids is 3. The minimum Gasteiger partial charge on any atom is -0.449 e. The molecule has 3 aromatic rings. The fraction of sp³-hybridized carbons (Fsp3) is 0.345. The average Bonchev–Trinajstić information content (AvgIpc) is 3.53. The van der Waals surface area contributed by atoms with Crippen LogP contribution in [0.4, 0.5) is 4.39 Å². The number of benzene rings is 1. The van der Waals surface area contributed by atoms with E-state index in [1.807, 2.05) is 13.8 Å². The molecule has 1 saturated heterocycles. The monoisotopic (exact) mass is 514 g/mol. The number of halogens is 1. The maximum absolute atomic E-state index is 15.5. The van der Waals surface area contributed by atoms with Gasteiger partial charge in [-0.2, -0.15) is 0 Å². The van der Waals surface area contributed by atoms with Gasteiger partial charge in [0, 0.05) is 54.3 Å². The summed E-state index contributed by atoms with van der Waals surface area (Å²) in [5, 5.41) is 2.79. The van der Waals surface area contributed by atoms with E-state index in [0.29, 0.717) is 48.1 Å². The molecule has 38 heavy (non-hydrogen) atoms. The van der Waals surface area contributed by atoms with Gasteiger partial charge in [-0.3, -0.25) is 19.6 Å². The lowest BCUT2D eigenvalue weighted by atomic mass is 9.91. The van der Waals surface area contributed by atoms with Crippen LogP contribution in [-0.4, -0.2) is 51.8 Å². The second-order valence-corrected chi connectivity index (χ2v) is 10.6. The molecule has 1 aliphatic carbocycles. The van der Waals surface area contributed by atoms with E-state index >= 15 is 4.39 Å². The fourth-order valence-corrected chi connectivity index (χ4v) is 5.64. The molecule has 1 spiro atoms. The SMILES string of the molecule is CC(C)NC(=O)c1ccc(-c2ccc(C3(C(=O)N4CCC5(C4)OC(=O)c4cnccc45)CC3)c(F)c2)cn1. The molecule has 0 radical (unpaired) electrons. The van der Waals surface area contributed by atoms with Gasteiger partial charge in [-0.15, -0.1) is 0 Å². The second kappa shape index (κ2) is 8.72. The van der Waals surface area contributed by atoms with Crippen LogP contribution in [0.25, 0.3) is 11.1 Å². The largest absolute Gasteiger partial charge is 0.449 e. The van der Waals surface area contributed by atoms with Crippen LogP contribution < -0.4 is 5.32 Å². The van der Waals surface area contributed by atoms with Gasteiger partial charge in [0.1, 0.15) is 11.5 Å². The zero-order valence-corrected chi connectivity index (χ0v) is 21.2. The normalized spacial score (nSPS) is 20.9. The minimum atomic E-state index is -0.908. The number of fused-ring (bicyclic) bond motifs is 2. The molecule has 6 rings (SSSR count). The summed E-state index contributed by atoms with van der Waals surface area (Å²) in [6.45, 7) is 4.42. The molecule has 9 heteroatoms. The lowest BCUT2D eigenvalue weighted by Crippen LogP contribution is -2.40. The third kappa shape index (κ3) is 3.84. The highest BCUT2D eigenvalue weighted by Crippen LogP contribution is 2.53. The molecule has 1 saturated carbocycles. The second-order valence-electron chi connectivity index (χ2n) is 10.6. The Balaban J connectivity index is 1.21. The first-order valence-corrected chi connectivity index (χ1v) is 12.8. The molecule has 2 aromatic heterocycles. The van der Waals surface area contributed by atoms with Crippen molar-refractivity contribution in [1.82, 2.24) is 20.2 Å². The summed E-state index contributed by atoms with van der Waals surface area (Å²) in [7, 11) is 0. The zero-order valence-electron chi connectivity index (χ0n) is 21.2. The minimum absolute atomic E-state index is 0.00421. The number of likely N-dealkylation sites (tertiary alicyclic amines) is 1. The van der Waals surface area contributed by atoms with Gasteiger partial charge >= 0.3 is 5.97 Å². The summed E-state index contributed by atoms with van der Waals surface area (Å²) >= 11 is 0. The summed E-state index contributed by atoms with van der Waals surface area (Å²) in [6.07, 6.45) is 6.29. The van der Waals surface area contributed by atoms with E-state index < -0.39 is 22.8 Å². The number of esters is 1. The molecule has 194 valence electrons. The summed E-state index contributed by atoms with van der Waals surface area (Å²) in [5.41, 5.74) is 1.37. The van der Waals surface area contributed by atoms with Crippen LogP contribution >= 0.6 is 0 Å². The third-order valence-electron chi connectivity index (χ3n) is 7.73. The van der Waals surface area contributed by atoms with Gasteiger partial charge in [0.15, 0.2) is 5.60 Å². The van der Waals surface area contributed by atoms with Gasteiger partial charge in [0.25, 0.3) is 5.91 Å². The van der Waals surface area contributed by atoms with Crippen molar-refractivity contribution >= 4 is 17.8 Å². The molecule has 2 amide bonds. The Labute approximate surface area is 219 Å². The molecule has 8 nitrogen and oxygen atoms in total. The third-order valence-corrected chi connectivity index (χ3v) is 7.73. The Morgan fingerprint density at radius 3 is 2.53 bits per heavy atom. The summed E-state index contributed by atoms with van der Waals surface area (Å²) in [6, 6.07) is 9.99. The molecule has 1 aromatic carbocycles. The first-order chi connectivity index (χ1) is 18.2. The maximum atomic E-state index is 15.5. The van der Waals surface area contributed by atoms with Gasteiger partial charge in [-0.05, 0) is 50.5 Å². The molecule has 3 aliphatic rings. The molecule has 2 fully saturated rings. The van der Waals surface area contributed by atoms with Crippen LogP contribution in [0.15, 0.2) is 55.0 Å². The van der Waals surface area contributed by atoms with Crippen LogP contribution in [0.1, 0.15) is 65.1 Å². The number of carbonyl (C=O) groups is 3. The maximum Gasteiger partial charge on any atom is 0.341 e. The first kappa shape index (κ1) is 24.2. The van der Waals surface area contributed by atoms with Crippen molar-refractivity contribution in [2.45, 2.75) is 50.2 Å². The molecular weight excluding hydrogens is 487 g/mol. The van der Waals surface area contributed by atoms with E-state index in [0.717, 1.165) is 5.56 Å². The quantitative estimate of drug-likeness (QED) is 0.521. The molecule has 1 N–H and O–H groups in total. The standard InChI is InChI=1S/C29H27FN4O4/c1-17(2)33-25(35)24-6-4-19(14-32-24)18-3-5-22(23(30)13-18)28(8-9-28)27(37)34-12-10-29(16-34)21-7-11-31-15-20(21)26(36)38-29/h3-7,11,13-15,17H,8-10,12,16H2,1-2H3,(H,33,35). The number of nitrogens with zero attached hydrogens (tertiary/aromatic N) is 3. The van der Waals surface area contributed by atoms with Crippen molar-refractivity contribution in [2.24, 2.45) is 0 Å². The first-order valence-electron chi connectivity index (χ1n) is 12.8. The van der Waals surface area contributed by atoms with Crippen LogP contribution in [0.3, 0.4) is 0 Å². The van der Waals surface area contributed by atoms with Crippen LogP contribution in [0.5, 0.6) is 0 Å². The molecule has 1 atom stereocenters. The predicted molar refractivity (Wildman–Crippen MR) is 136 cm³/mol. The van der Waals surface area contributed by atoms with E-state index in [4.69, 9.17) is 4.74 Å². The van der Waals surface area contributed by atoms with Crippen LogP contribution in [0, 0.1) is 5.82 Å². The Bertz CT molecular complexity index is 1470. The number of rotatable bonds is 5. The highest BCUT2D eigenvalue weighted by atomic mass is 19.1. The molecule has 1 unspecified atom stereocenters. The molecular formula is C29H27FN4O4. The Hall–Kier alpha value is -4.14. The summed E-state index contributed by atoms with van der Waals surface area (Å²) in [4.78, 5) is 48.2. The Kier molecular flexibility index (Phi) is 5.55. The van der Waals surface area contributed by atoms with Crippen molar-refractivity contribution in [3.05, 3.63) is 83.2 Å². The van der Waals surface area contributed by atoms with E-state index in [9.17, 15) is 14.4 Å². The van der Waals surface area contributed by atoms with Crippen LogP contribution in [-0.2, 0) is 20.5 Å². The van der Waals surface area contributed by atoms with Crippen molar-refractivity contribution in [2.75, 3.05) is 13.1 Å². The van der Waals surface area contributed by atoms with E-state index in [-0.39, 0.29) is 30.1 Å². The number of amides is 2. The van der Waals surface area contributed by atoms with Crippen molar-refractivity contribution in [3.63, 3.8) is 0 Å². The smallest absolute Gasteiger partial charge is 0.341 e. The van der Waals surface area contributed by atoms with Crippen molar-refractivity contribution < 1.29 is 23.5 Å². The molecule has 4 heterocycles. The van der Waals surface area contributed by atoms with Crippen LogP contribution in [0.2, 0.25) is 0 Å². The molecule has 2 aliphatic heterocycles. The van der Waals surface area contributed by atoms with Gasteiger partial charge < -0.3 is 15.0 Å². The number of aromatic nitrogens is 2. The molecule has 0 bridgehead atoms. The Morgan fingerprint density at radius 1 is 1.05 bits per heavy atom. The van der Waals surface area contributed by atoms with E-state index in [1.54, 1.807) is 47.6 Å². The Morgan fingerprint density at radius 2 is 1.84 bits per heavy atom. The summed E-state index contributed by atoms with van der Waals surface area (Å²) in [5.74, 6) is -1.28. The van der Waals surface area contributed by atoms with Crippen molar-refractivity contribution in [3.8, 4) is 11.1 Å². The predicted octanol–water partition coefficient (Wildman–Crippen LogP) is 3.75. The lowest BCUT2D eigenvalue weighted by molar-refractivity contribution is -0.134. The van der Waals surface area contributed by atoms with Crippen molar-refractivity contribution in [1.29, 1.82) is 0 Å². The summed E-state index contributed by atoms with van der Waals surface area (Å²) < 4.78 is 21.2. The number of nitrogens with one attached hydrogen (secondary N) is 1. The number of hydrogen-bond acceptors (Lipinski definition) is 6. The number of pyridine rings is 2. The van der Waals surface area contributed by atoms with Gasteiger partial charge in [-0.1, -0.05) is 18.2 Å². The topological polar surface area (TPSA) is 101 Å². The lowest BCUT2D eigenvalue weighted by Gasteiger charge is -2.27. The highest BCUT2D eigenvalue weighted by molar-refractivity contribution is 5.96. The highest BCUT2D eigenvalue weighted by Gasteiger charge is 2.58. The van der Waals surface area contributed by atoms with E-state index in [2.05, 4.69) is 15.3 Å². The van der Waals surface area contributed by atoms with Gasteiger partial charge in [0.2, 0.25) is 5.91 Å². The van der Waals surface area contributed by atoms with Gasteiger partial charge in [-0.25, -0.2) is 9.18 Å².